The molecule has 0 saturated heterocycles. The second-order valence-electron chi connectivity index (χ2n) is 3.58. The minimum absolute atomic E-state index is 0.109. The Morgan fingerprint density at radius 1 is 1.54 bits per heavy atom. The molecule has 0 aliphatic carbocycles. The number of hydrogen-bond acceptors (Lipinski definition) is 2. The Kier molecular flexibility index (Phi) is 5.91. The molecule has 0 aliphatic rings. The Labute approximate surface area is 80.0 Å². The zero-order chi connectivity index (χ0) is 10.3. The van der Waals surface area contributed by atoms with Crippen LogP contribution < -0.4 is 5.73 Å². The summed E-state index contributed by atoms with van der Waals surface area (Å²) in [4.78, 5) is 0. The first-order valence-corrected chi connectivity index (χ1v) is 4.58. The quantitative estimate of drug-likeness (QED) is 0.649. The number of rotatable bonds is 6. The first-order valence-electron chi connectivity index (χ1n) is 4.58. The largest absolute Gasteiger partial charge is 0.381 e. The van der Waals surface area contributed by atoms with Gasteiger partial charge in [0.2, 0.25) is 0 Å². The van der Waals surface area contributed by atoms with Gasteiger partial charge in [0.1, 0.15) is 0 Å². The summed E-state index contributed by atoms with van der Waals surface area (Å²) in [5.74, 6) is 0. The molecule has 3 heteroatoms. The lowest BCUT2D eigenvalue weighted by Gasteiger charge is -2.21. The highest BCUT2D eigenvalue weighted by molar-refractivity contribution is 5.07. The van der Waals surface area contributed by atoms with E-state index in [0.29, 0.717) is 19.4 Å². The van der Waals surface area contributed by atoms with Crippen LogP contribution in [-0.4, -0.2) is 25.9 Å². The fourth-order valence-corrected chi connectivity index (χ4v) is 1.34. The molecule has 2 N–H and O–H groups in total. The van der Waals surface area contributed by atoms with E-state index in [1.807, 2.05) is 13.8 Å². The molecule has 13 heavy (non-hydrogen) atoms. The number of methoxy groups -OCH3 is 1. The minimum atomic E-state index is -1.34. The fraction of sp³-hybridized carbons (Fsp3) is 0.800. The summed E-state index contributed by atoms with van der Waals surface area (Å²) in [6.45, 7) is 4.39. The summed E-state index contributed by atoms with van der Waals surface area (Å²) < 4.78 is 18.8. The van der Waals surface area contributed by atoms with Crippen molar-refractivity contribution >= 4 is 0 Å². The van der Waals surface area contributed by atoms with E-state index in [0.717, 1.165) is 5.57 Å². The number of halogens is 1. The van der Waals surface area contributed by atoms with Crippen LogP contribution in [0, 0.1) is 0 Å². The first kappa shape index (κ1) is 12.6. The van der Waals surface area contributed by atoms with E-state index in [9.17, 15) is 4.39 Å². The minimum Gasteiger partial charge on any atom is -0.381 e. The zero-order valence-electron chi connectivity index (χ0n) is 8.77. The lowest BCUT2D eigenvalue weighted by atomic mass is 9.98. The Hall–Kier alpha value is -0.410. The molecule has 2 nitrogen and oxygen atoms in total. The number of hydrogen-bond donors (Lipinski definition) is 1. The van der Waals surface area contributed by atoms with E-state index in [1.54, 1.807) is 6.08 Å². The summed E-state index contributed by atoms with van der Waals surface area (Å²) in [5, 5.41) is 0. The van der Waals surface area contributed by atoms with Crippen LogP contribution in [0.25, 0.3) is 0 Å². The smallest absolute Gasteiger partial charge is 0.152 e. The molecule has 0 aromatic rings. The summed E-state index contributed by atoms with van der Waals surface area (Å²) in [6, 6.07) is 0. The summed E-state index contributed by atoms with van der Waals surface area (Å²) in [5.41, 5.74) is 4.96. The average molecular weight is 189 g/mol. The van der Waals surface area contributed by atoms with E-state index < -0.39 is 5.67 Å². The summed E-state index contributed by atoms with van der Waals surface area (Å²) >= 11 is 0. The fourth-order valence-electron chi connectivity index (χ4n) is 1.34. The molecule has 0 amide bonds. The van der Waals surface area contributed by atoms with Gasteiger partial charge in [0.25, 0.3) is 0 Å². The maximum atomic E-state index is 14.0. The van der Waals surface area contributed by atoms with E-state index in [4.69, 9.17) is 10.5 Å². The van der Waals surface area contributed by atoms with Gasteiger partial charge in [-0.3, -0.25) is 0 Å². The lowest BCUT2D eigenvalue weighted by Crippen LogP contribution is -2.27. The molecule has 0 bridgehead atoms. The normalized spacial score (nSPS) is 15.2. The third kappa shape index (κ3) is 5.77. The van der Waals surface area contributed by atoms with Gasteiger partial charge >= 0.3 is 0 Å². The van der Waals surface area contributed by atoms with E-state index in [1.165, 1.54) is 7.11 Å². The molecule has 0 radical (unpaired) electrons. The van der Waals surface area contributed by atoms with Gasteiger partial charge < -0.3 is 10.5 Å². The van der Waals surface area contributed by atoms with Crippen molar-refractivity contribution in [1.82, 2.24) is 0 Å². The topological polar surface area (TPSA) is 35.2 Å². The lowest BCUT2D eigenvalue weighted by molar-refractivity contribution is 0.0678. The van der Waals surface area contributed by atoms with Crippen molar-refractivity contribution < 1.29 is 9.13 Å². The van der Waals surface area contributed by atoms with Gasteiger partial charge in [0, 0.05) is 7.11 Å². The Morgan fingerprint density at radius 3 is 2.54 bits per heavy atom. The molecule has 0 aliphatic heterocycles. The molecular weight excluding hydrogens is 169 g/mol. The van der Waals surface area contributed by atoms with Gasteiger partial charge in [-0.25, -0.2) is 4.39 Å². The molecule has 1 unspecified atom stereocenters. The Balaban J connectivity index is 4.24. The van der Waals surface area contributed by atoms with Crippen LogP contribution in [0.5, 0.6) is 0 Å². The average Bonchev–Trinajstić information content (AvgIpc) is 2.00. The molecule has 0 fully saturated rings. The summed E-state index contributed by atoms with van der Waals surface area (Å²) in [6.07, 6.45) is 2.73. The first-order chi connectivity index (χ1) is 6.04. The van der Waals surface area contributed by atoms with Crippen molar-refractivity contribution in [2.75, 3.05) is 20.3 Å². The predicted octanol–water partition coefficient (Wildman–Crippen LogP) is 2.05. The van der Waals surface area contributed by atoms with Gasteiger partial charge in [-0.15, -0.1) is 0 Å². The molecule has 0 aromatic carbocycles. The van der Waals surface area contributed by atoms with Crippen LogP contribution in [0.15, 0.2) is 11.6 Å². The second-order valence-corrected chi connectivity index (χ2v) is 3.58. The zero-order valence-corrected chi connectivity index (χ0v) is 8.77. The van der Waals surface area contributed by atoms with Gasteiger partial charge in [0.05, 0.1) is 6.61 Å². The number of alkyl halides is 1. The van der Waals surface area contributed by atoms with Gasteiger partial charge in [-0.1, -0.05) is 5.57 Å². The highest BCUT2D eigenvalue weighted by Gasteiger charge is 2.25. The Bertz CT molecular complexity index is 166. The SMILES string of the molecule is COCC(F)(C=C(C)C)CCCN. The van der Waals surface area contributed by atoms with Gasteiger partial charge in [-0.05, 0) is 39.3 Å². The molecule has 0 spiro atoms. The van der Waals surface area contributed by atoms with Gasteiger partial charge in [-0.2, -0.15) is 0 Å². The summed E-state index contributed by atoms with van der Waals surface area (Å²) in [7, 11) is 1.51. The monoisotopic (exact) mass is 189 g/mol. The molecule has 0 aromatic heterocycles. The van der Waals surface area contributed by atoms with Crippen molar-refractivity contribution in [3.05, 3.63) is 11.6 Å². The van der Waals surface area contributed by atoms with Crippen molar-refractivity contribution in [1.29, 1.82) is 0 Å². The molecule has 0 rings (SSSR count). The maximum absolute atomic E-state index is 14.0. The number of allylic oxidation sites excluding steroid dienone is 1. The third-order valence-electron chi connectivity index (χ3n) is 1.73. The van der Waals surface area contributed by atoms with Crippen molar-refractivity contribution in [2.24, 2.45) is 5.73 Å². The van der Waals surface area contributed by atoms with E-state index in [-0.39, 0.29) is 6.61 Å². The number of nitrogens with two attached hydrogens (primary N) is 1. The van der Waals surface area contributed by atoms with Crippen molar-refractivity contribution in [2.45, 2.75) is 32.4 Å². The highest BCUT2D eigenvalue weighted by Crippen LogP contribution is 2.22. The number of ether oxygens (including phenoxy) is 1. The van der Waals surface area contributed by atoms with E-state index in [2.05, 4.69) is 0 Å². The third-order valence-corrected chi connectivity index (χ3v) is 1.73. The molecule has 78 valence electrons. The van der Waals surface area contributed by atoms with Crippen LogP contribution in [0.3, 0.4) is 0 Å². The van der Waals surface area contributed by atoms with Crippen LogP contribution >= 0.6 is 0 Å². The predicted molar refractivity (Wildman–Crippen MR) is 53.4 cm³/mol. The Morgan fingerprint density at radius 2 is 2.15 bits per heavy atom. The molecule has 0 heterocycles. The highest BCUT2D eigenvalue weighted by atomic mass is 19.1. The standard InChI is InChI=1S/C10H20FNO/c1-9(2)7-10(11,8-13-3)5-4-6-12/h7H,4-6,8,12H2,1-3H3. The van der Waals surface area contributed by atoms with Crippen LogP contribution in [-0.2, 0) is 4.74 Å². The van der Waals surface area contributed by atoms with Gasteiger partial charge in [0.15, 0.2) is 5.67 Å². The molecule has 0 saturated carbocycles. The molecular formula is C10H20FNO. The molecule has 1 atom stereocenters. The van der Waals surface area contributed by atoms with Crippen LogP contribution in [0.2, 0.25) is 0 Å². The van der Waals surface area contributed by atoms with Crippen molar-refractivity contribution in [3.8, 4) is 0 Å². The van der Waals surface area contributed by atoms with Crippen LogP contribution in [0.4, 0.5) is 4.39 Å². The van der Waals surface area contributed by atoms with E-state index >= 15 is 0 Å². The van der Waals surface area contributed by atoms with Crippen molar-refractivity contribution in [3.63, 3.8) is 0 Å². The second kappa shape index (κ2) is 6.11. The van der Waals surface area contributed by atoms with Crippen LogP contribution in [0.1, 0.15) is 26.7 Å². The maximum Gasteiger partial charge on any atom is 0.152 e.